The van der Waals surface area contributed by atoms with E-state index < -0.39 is 0 Å². The van der Waals surface area contributed by atoms with Gasteiger partial charge < -0.3 is 5.32 Å². The van der Waals surface area contributed by atoms with E-state index in [9.17, 15) is 4.79 Å². The Labute approximate surface area is 143 Å². The molecule has 5 nitrogen and oxygen atoms in total. The normalized spacial score (nSPS) is 12.7. The molecule has 3 rings (SSSR count). The van der Waals surface area contributed by atoms with E-state index in [1.807, 2.05) is 38.1 Å². The highest BCUT2D eigenvalue weighted by atomic mass is 35.5. The summed E-state index contributed by atoms with van der Waals surface area (Å²) in [4.78, 5) is 17.3. The van der Waals surface area contributed by atoms with E-state index in [-0.39, 0.29) is 11.6 Å². The van der Waals surface area contributed by atoms with Crippen molar-refractivity contribution in [3.05, 3.63) is 62.0 Å². The number of nitrogens with one attached hydrogen (secondary N) is 1. The van der Waals surface area contributed by atoms with E-state index in [1.54, 1.807) is 0 Å². The molecule has 1 atom stereocenters. The molecule has 7 heteroatoms. The van der Waals surface area contributed by atoms with Gasteiger partial charge in [0.1, 0.15) is 5.01 Å². The summed E-state index contributed by atoms with van der Waals surface area (Å²) in [5, 5.41) is 9.24. The first-order valence-electron chi connectivity index (χ1n) is 7.45. The molecule has 1 aromatic carbocycles. The number of rotatable bonds is 5. The van der Waals surface area contributed by atoms with Crippen molar-refractivity contribution in [2.45, 2.75) is 32.9 Å². The minimum atomic E-state index is -0.145. The summed E-state index contributed by atoms with van der Waals surface area (Å²) >= 11 is 7.66. The lowest BCUT2D eigenvalue weighted by Gasteiger charge is -2.15. The van der Waals surface area contributed by atoms with Crippen molar-refractivity contribution < 1.29 is 0 Å². The van der Waals surface area contributed by atoms with Crippen LogP contribution in [-0.2, 0) is 13.0 Å². The van der Waals surface area contributed by atoms with Gasteiger partial charge in [-0.1, -0.05) is 48.1 Å². The number of halogens is 1. The maximum atomic E-state index is 12.1. The van der Waals surface area contributed by atoms with Gasteiger partial charge in [0.25, 0.3) is 5.56 Å². The molecule has 23 heavy (non-hydrogen) atoms. The third-order valence-electron chi connectivity index (χ3n) is 3.60. The predicted molar refractivity (Wildman–Crippen MR) is 93.2 cm³/mol. The van der Waals surface area contributed by atoms with Crippen molar-refractivity contribution in [2.24, 2.45) is 0 Å². The van der Waals surface area contributed by atoms with Crippen molar-refractivity contribution in [2.75, 3.05) is 0 Å². The van der Waals surface area contributed by atoms with Gasteiger partial charge in [0.05, 0.1) is 5.69 Å². The van der Waals surface area contributed by atoms with Gasteiger partial charge in [0.15, 0.2) is 0 Å². The van der Waals surface area contributed by atoms with Crippen molar-refractivity contribution in [3.8, 4) is 0 Å². The SMILES string of the molecule is CCc1nn2c(=O)cc(CNC(C)c3ccccc3Cl)nc2s1. The Bertz CT molecular complexity index is 889. The van der Waals surface area contributed by atoms with Gasteiger partial charge >= 0.3 is 0 Å². The lowest BCUT2D eigenvalue weighted by Crippen LogP contribution is -2.22. The summed E-state index contributed by atoms with van der Waals surface area (Å²) in [5.41, 5.74) is 1.59. The van der Waals surface area contributed by atoms with Crippen molar-refractivity contribution in [3.63, 3.8) is 0 Å². The highest BCUT2D eigenvalue weighted by Crippen LogP contribution is 2.22. The quantitative estimate of drug-likeness (QED) is 0.769. The van der Waals surface area contributed by atoms with Crippen LogP contribution < -0.4 is 10.9 Å². The Balaban J connectivity index is 1.79. The molecule has 1 unspecified atom stereocenters. The van der Waals surface area contributed by atoms with Crippen LogP contribution >= 0.6 is 22.9 Å². The van der Waals surface area contributed by atoms with E-state index in [0.29, 0.717) is 17.2 Å². The molecular weight excluding hydrogens is 332 g/mol. The Hall–Kier alpha value is -1.76. The number of hydrogen-bond donors (Lipinski definition) is 1. The number of aromatic nitrogens is 3. The number of benzene rings is 1. The van der Waals surface area contributed by atoms with Gasteiger partial charge in [-0.15, -0.1) is 0 Å². The molecule has 3 aromatic rings. The zero-order valence-corrected chi connectivity index (χ0v) is 14.5. The summed E-state index contributed by atoms with van der Waals surface area (Å²) in [6.07, 6.45) is 0.796. The first-order valence-corrected chi connectivity index (χ1v) is 8.64. The molecule has 0 fully saturated rings. The van der Waals surface area contributed by atoms with Crippen LogP contribution in [-0.4, -0.2) is 14.6 Å². The maximum absolute atomic E-state index is 12.1. The van der Waals surface area contributed by atoms with Crippen LogP contribution in [0, 0.1) is 0 Å². The standard InChI is InChI=1S/C16H17ClN4OS/c1-3-14-20-21-15(22)8-11(19-16(21)23-14)9-18-10(2)12-6-4-5-7-13(12)17/h4-8,10,18H,3,9H2,1-2H3. The lowest BCUT2D eigenvalue weighted by molar-refractivity contribution is 0.567. The molecule has 0 bridgehead atoms. The van der Waals surface area contributed by atoms with Crippen molar-refractivity contribution in [1.29, 1.82) is 0 Å². The summed E-state index contributed by atoms with van der Waals surface area (Å²) in [5.74, 6) is 0. The van der Waals surface area contributed by atoms with Crippen LogP contribution in [0.4, 0.5) is 0 Å². The molecule has 2 aromatic heterocycles. The molecule has 0 saturated carbocycles. The van der Waals surface area contributed by atoms with Crippen LogP contribution in [0.1, 0.15) is 36.2 Å². The average molecular weight is 349 g/mol. The molecule has 0 saturated heterocycles. The molecule has 0 radical (unpaired) electrons. The molecular formula is C16H17ClN4OS. The van der Waals surface area contributed by atoms with Crippen LogP contribution in [0.3, 0.4) is 0 Å². The van der Waals surface area contributed by atoms with Gasteiger partial charge in [0, 0.05) is 23.7 Å². The van der Waals surface area contributed by atoms with Gasteiger partial charge in [-0.05, 0) is 25.0 Å². The van der Waals surface area contributed by atoms with Gasteiger partial charge in [-0.3, -0.25) is 4.79 Å². The van der Waals surface area contributed by atoms with E-state index >= 15 is 0 Å². The molecule has 120 valence electrons. The second-order valence-electron chi connectivity index (χ2n) is 5.25. The molecule has 2 heterocycles. The largest absolute Gasteiger partial charge is 0.305 e. The van der Waals surface area contributed by atoms with Gasteiger partial charge in [0.2, 0.25) is 4.96 Å². The predicted octanol–water partition coefficient (Wildman–Crippen LogP) is 3.22. The topological polar surface area (TPSA) is 59.3 Å². The Morgan fingerprint density at radius 1 is 1.39 bits per heavy atom. The fourth-order valence-electron chi connectivity index (χ4n) is 2.32. The van der Waals surface area contributed by atoms with Crippen LogP contribution in [0.2, 0.25) is 5.02 Å². The minimum absolute atomic E-state index is 0.0663. The Morgan fingerprint density at radius 3 is 2.91 bits per heavy atom. The molecule has 0 spiro atoms. The average Bonchev–Trinajstić information content (AvgIpc) is 2.97. The molecule has 0 amide bonds. The summed E-state index contributed by atoms with van der Waals surface area (Å²) in [6, 6.07) is 9.32. The molecule has 0 aliphatic rings. The minimum Gasteiger partial charge on any atom is -0.305 e. The first-order chi connectivity index (χ1) is 11.1. The lowest BCUT2D eigenvalue weighted by atomic mass is 10.1. The number of hydrogen-bond acceptors (Lipinski definition) is 5. The number of aryl methyl sites for hydroxylation is 1. The van der Waals surface area contributed by atoms with Crippen molar-refractivity contribution in [1.82, 2.24) is 19.9 Å². The highest BCUT2D eigenvalue weighted by Gasteiger charge is 2.11. The van der Waals surface area contributed by atoms with Crippen molar-refractivity contribution >= 4 is 27.9 Å². The second-order valence-corrected chi connectivity index (χ2v) is 6.70. The van der Waals surface area contributed by atoms with E-state index in [4.69, 9.17) is 11.6 Å². The molecule has 0 aliphatic carbocycles. The first kappa shape index (κ1) is 16.1. The zero-order valence-electron chi connectivity index (χ0n) is 12.9. The smallest absolute Gasteiger partial charge is 0.275 e. The number of fused-ring (bicyclic) bond motifs is 1. The fraction of sp³-hybridized carbons (Fsp3) is 0.312. The van der Waals surface area contributed by atoms with Gasteiger partial charge in [-0.2, -0.15) is 9.61 Å². The molecule has 1 N–H and O–H groups in total. The van der Waals surface area contributed by atoms with E-state index in [1.165, 1.54) is 21.9 Å². The fourth-order valence-corrected chi connectivity index (χ4v) is 3.48. The summed E-state index contributed by atoms with van der Waals surface area (Å²) in [6.45, 7) is 4.54. The zero-order chi connectivity index (χ0) is 16.4. The van der Waals surface area contributed by atoms with Gasteiger partial charge in [-0.25, -0.2) is 4.98 Å². The van der Waals surface area contributed by atoms with E-state index in [0.717, 1.165) is 22.0 Å². The third kappa shape index (κ3) is 3.44. The monoisotopic (exact) mass is 348 g/mol. The maximum Gasteiger partial charge on any atom is 0.275 e. The third-order valence-corrected chi connectivity index (χ3v) is 5.00. The second kappa shape index (κ2) is 6.78. The molecule has 0 aliphatic heterocycles. The highest BCUT2D eigenvalue weighted by molar-refractivity contribution is 7.16. The van der Waals surface area contributed by atoms with Crippen LogP contribution in [0.15, 0.2) is 35.1 Å². The summed E-state index contributed by atoms with van der Waals surface area (Å²) in [7, 11) is 0. The Kier molecular flexibility index (Phi) is 4.75. The number of nitrogens with zero attached hydrogens (tertiary/aromatic N) is 3. The van der Waals surface area contributed by atoms with Crippen LogP contribution in [0.5, 0.6) is 0 Å². The summed E-state index contributed by atoms with van der Waals surface area (Å²) < 4.78 is 1.37. The van der Waals surface area contributed by atoms with E-state index in [2.05, 4.69) is 15.4 Å². The van der Waals surface area contributed by atoms with Crippen LogP contribution in [0.25, 0.3) is 4.96 Å². The Morgan fingerprint density at radius 2 is 2.17 bits per heavy atom.